The highest BCUT2D eigenvalue weighted by atomic mass is 35.5. The van der Waals surface area contributed by atoms with Crippen LogP contribution in [0, 0.1) is 12.7 Å². The van der Waals surface area contributed by atoms with Gasteiger partial charge in [-0.25, -0.2) is 9.45 Å². The fraction of sp³-hybridized carbons (Fsp3) is 0.167. The van der Waals surface area contributed by atoms with Gasteiger partial charge in [0.1, 0.15) is 5.82 Å². The number of amides is 1. The van der Waals surface area contributed by atoms with Crippen LogP contribution in [0.2, 0.25) is 5.02 Å². The fourth-order valence-electron chi connectivity index (χ4n) is 2.67. The lowest BCUT2D eigenvalue weighted by molar-refractivity contribution is -0.0759. The zero-order chi connectivity index (χ0) is 19.0. The summed E-state index contributed by atoms with van der Waals surface area (Å²) in [5, 5.41) is 5.17. The van der Waals surface area contributed by atoms with E-state index in [1.807, 2.05) is 0 Å². The Bertz CT molecular complexity index is 1010. The van der Waals surface area contributed by atoms with Gasteiger partial charge in [-0.2, -0.15) is 9.78 Å². The summed E-state index contributed by atoms with van der Waals surface area (Å²) in [4.78, 5) is 30.3. The van der Waals surface area contributed by atoms with Crippen LogP contribution < -0.4 is 0 Å². The molecule has 1 aromatic heterocycles. The van der Waals surface area contributed by atoms with Crippen LogP contribution in [0.15, 0.2) is 36.4 Å². The maximum absolute atomic E-state index is 14.4. The molecule has 6 nitrogen and oxygen atoms in total. The molecule has 0 radical (unpaired) electrons. The lowest BCUT2D eigenvalue weighted by Crippen LogP contribution is -2.26. The molecule has 2 aromatic carbocycles. The highest BCUT2D eigenvalue weighted by molar-refractivity contribution is 6.34. The van der Waals surface area contributed by atoms with Crippen molar-refractivity contribution in [2.45, 2.75) is 6.92 Å². The van der Waals surface area contributed by atoms with Crippen molar-refractivity contribution in [1.82, 2.24) is 14.8 Å². The Hall–Kier alpha value is -2.77. The molecular formula is C18H15ClFN3O3. The molecule has 0 spiro atoms. The summed E-state index contributed by atoms with van der Waals surface area (Å²) in [5.41, 5.74) is 0.828. The van der Waals surface area contributed by atoms with E-state index < -0.39 is 17.6 Å². The fourth-order valence-corrected chi connectivity index (χ4v) is 2.98. The molecule has 0 aliphatic carbocycles. The van der Waals surface area contributed by atoms with E-state index in [0.717, 1.165) is 9.75 Å². The zero-order valence-electron chi connectivity index (χ0n) is 14.3. The Balaban J connectivity index is 2.27. The smallest absolute Gasteiger partial charge is 0.274 e. The molecule has 0 aliphatic heterocycles. The number of aryl methyl sites for hydroxylation is 1. The summed E-state index contributed by atoms with van der Waals surface area (Å²) in [6.07, 6.45) is 0. The maximum atomic E-state index is 14.4. The molecule has 0 fully saturated rings. The minimum absolute atomic E-state index is 0.0561. The van der Waals surface area contributed by atoms with Crippen LogP contribution >= 0.6 is 11.6 Å². The molecule has 3 aromatic rings. The van der Waals surface area contributed by atoms with Crippen molar-refractivity contribution in [3.05, 3.63) is 64.1 Å². The normalized spacial score (nSPS) is 11.0. The van der Waals surface area contributed by atoms with Gasteiger partial charge in [0.2, 0.25) is 0 Å². The number of aromatic nitrogens is 2. The molecule has 1 heterocycles. The summed E-state index contributed by atoms with van der Waals surface area (Å²) in [6, 6.07) is 9.19. The Morgan fingerprint density at radius 2 is 1.92 bits per heavy atom. The number of hydrogen-bond acceptors (Lipinski definition) is 4. The summed E-state index contributed by atoms with van der Waals surface area (Å²) >= 11 is 6.17. The van der Waals surface area contributed by atoms with E-state index in [9.17, 15) is 14.0 Å². The number of benzene rings is 2. The number of carbonyl (C=O) groups is 2. The summed E-state index contributed by atoms with van der Waals surface area (Å²) in [6.45, 7) is 1.73. The van der Waals surface area contributed by atoms with Gasteiger partial charge in [0, 0.05) is 7.05 Å². The molecule has 3 rings (SSSR count). The molecule has 0 aliphatic rings. The third kappa shape index (κ3) is 2.85. The lowest BCUT2D eigenvalue weighted by atomic mass is 10.1. The molecule has 134 valence electrons. The first kappa shape index (κ1) is 18.0. The predicted molar refractivity (Wildman–Crippen MR) is 94.7 cm³/mol. The first-order valence-electron chi connectivity index (χ1n) is 7.66. The van der Waals surface area contributed by atoms with Gasteiger partial charge in [-0.15, -0.1) is 0 Å². The monoisotopic (exact) mass is 375 g/mol. The van der Waals surface area contributed by atoms with Crippen LogP contribution in [0.4, 0.5) is 4.39 Å². The summed E-state index contributed by atoms with van der Waals surface area (Å²) in [5.74, 6) is -1.89. The van der Waals surface area contributed by atoms with Crippen LogP contribution in [0.25, 0.3) is 10.9 Å². The first-order valence-corrected chi connectivity index (χ1v) is 8.03. The Labute approximate surface area is 153 Å². The number of rotatable bonds is 3. The molecule has 0 saturated carbocycles. The van der Waals surface area contributed by atoms with Gasteiger partial charge >= 0.3 is 0 Å². The van der Waals surface area contributed by atoms with Crippen LogP contribution in [-0.4, -0.2) is 40.8 Å². The largest absolute Gasteiger partial charge is 0.298 e. The standard InChI is InChI=1S/C18H15ClFN3O3/c1-10-6-4-7-11(19)14(10)17(24)23-13-9-5-8-12(20)15(13)16(21-23)18(25)22(2)26-3/h4-9H,1-3H3. The molecule has 26 heavy (non-hydrogen) atoms. The Kier molecular flexibility index (Phi) is 4.76. The minimum atomic E-state index is -0.676. The molecule has 0 atom stereocenters. The van der Waals surface area contributed by atoms with Crippen LogP contribution in [-0.2, 0) is 4.84 Å². The number of halogens is 2. The van der Waals surface area contributed by atoms with Gasteiger partial charge in [-0.3, -0.25) is 14.4 Å². The number of hydrogen-bond donors (Lipinski definition) is 0. The van der Waals surface area contributed by atoms with Crippen molar-refractivity contribution in [2.24, 2.45) is 0 Å². The third-order valence-corrected chi connectivity index (χ3v) is 4.36. The van der Waals surface area contributed by atoms with Crippen LogP contribution in [0.1, 0.15) is 26.4 Å². The molecule has 0 N–H and O–H groups in total. The van der Waals surface area contributed by atoms with Crippen LogP contribution in [0.5, 0.6) is 0 Å². The Morgan fingerprint density at radius 1 is 1.23 bits per heavy atom. The van der Waals surface area contributed by atoms with Crippen molar-refractivity contribution in [1.29, 1.82) is 0 Å². The van der Waals surface area contributed by atoms with Crippen molar-refractivity contribution >= 4 is 34.3 Å². The van der Waals surface area contributed by atoms with E-state index in [2.05, 4.69) is 5.10 Å². The highest BCUT2D eigenvalue weighted by Gasteiger charge is 2.27. The van der Waals surface area contributed by atoms with Crippen LogP contribution in [0.3, 0.4) is 0 Å². The van der Waals surface area contributed by atoms with Crippen molar-refractivity contribution < 1.29 is 18.8 Å². The second-order valence-electron chi connectivity index (χ2n) is 5.62. The van der Waals surface area contributed by atoms with E-state index in [-0.39, 0.29) is 27.2 Å². The molecule has 0 saturated heterocycles. The van der Waals surface area contributed by atoms with Gasteiger partial charge in [-0.05, 0) is 30.7 Å². The topological polar surface area (TPSA) is 64.4 Å². The van der Waals surface area contributed by atoms with E-state index in [1.54, 1.807) is 25.1 Å². The number of hydroxylamine groups is 2. The predicted octanol–water partition coefficient (Wildman–Crippen LogP) is 3.46. The maximum Gasteiger partial charge on any atom is 0.298 e. The molecule has 1 amide bonds. The van der Waals surface area contributed by atoms with Crippen molar-refractivity contribution in [3.63, 3.8) is 0 Å². The van der Waals surface area contributed by atoms with E-state index in [0.29, 0.717) is 5.56 Å². The van der Waals surface area contributed by atoms with Gasteiger partial charge in [0.05, 0.1) is 28.6 Å². The quantitative estimate of drug-likeness (QED) is 0.658. The number of carbonyl (C=O) groups excluding carboxylic acids is 2. The molecule has 8 heteroatoms. The van der Waals surface area contributed by atoms with E-state index in [1.165, 1.54) is 32.4 Å². The SMILES string of the molecule is CON(C)C(=O)c1nn(C(=O)c2c(C)cccc2Cl)c2cccc(F)c12. The number of nitrogens with zero attached hydrogens (tertiary/aromatic N) is 3. The second-order valence-corrected chi connectivity index (χ2v) is 6.02. The van der Waals surface area contributed by atoms with Gasteiger partial charge in [0.25, 0.3) is 11.8 Å². The average molecular weight is 376 g/mol. The van der Waals surface area contributed by atoms with Crippen molar-refractivity contribution in [2.75, 3.05) is 14.2 Å². The van der Waals surface area contributed by atoms with Gasteiger partial charge in [0.15, 0.2) is 5.69 Å². The summed E-state index contributed by atoms with van der Waals surface area (Å²) < 4.78 is 15.4. The first-order chi connectivity index (χ1) is 12.4. The van der Waals surface area contributed by atoms with E-state index >= 15 is 0 Å². The van der Waals surface area contributed by atoms with E-state index in [4.69, 9.17) is 16.4 Å². The zero-order valence-corrected chi connectivity index (χ0v) is 15.0. The van der Waals surface area contributed by atoms with Crippen molar-refractivity contribution in [3.8, 4) is 0 Å². The highest BCUT2D eigenvalue weighted by Crippen LogP contribution is 2.26. The number of fused-ring (bicyclic) bond motifs is 1. The lowest BCUT2D eigenvalue weighted by Gasteiger charge is -2.11. The minimum Gasteiger partial charge on any atom is -0.274 e. The molecule has 0 bridgehead atoms. The Morgan fingerprint density at radius 3 is 2.58 bits per heavy atom. The summed E-state index contributed by atoms with van der Waals surface area (Å²) in [7, 11) is 2.67. The van der Waals surface area contributed by atoms with Gasteiger partial charge < -0.3 is 0 Å². The second kappa shape index (κ2) is 6.86. The van der Waals surface area contributed by atoms with Gasteiger partial charge in [-0.1, -0.05) is 29.8 Å². The average Bonchev–Trinajstić information content (AvgIpc) is 3.01. The molecule has 0 unspecified atom stereocenters. The third-order valence-electron chi connectivity index (χ3n) is 4.05. The molecular weight excluding hydrogens is 361 g/mol.